The van der Waals surface area contributed by atoms with Crippen LogP contribution in [0.5, 0.6) is 0 Å². The normalized spacial score (nSPS) is 10.3. The van der Waals surface area contributed by atoms with Gasteiger partial charge >= 0.3 is 0 Å². The van der Waals surface area contributed by atoms with E-state index in [2.05, 4.69) is 16.2 Å². The Balaban J connectivity index is 1.64. The molecule has 0 unspecified atom stereocenters. The topological polar surface area (TPSA) is 92.2 Å². The maximum absolute atomic E-state index is 13.2. The fourth-order valence-corrected chi connectivity index (χ4v) is 2.59. The molecule has 9 heteroatoms. The van der Waals surface area contributed by atoms with Crippen LogP contribution in [0.25, 0.3) is 0 Å². The van der Waals surface area contributed by atoms with E-state index in [1.165, 1.54) is 36.5 Å². The summed E-state index contributed by atoms with van der Waals surface area (Å²) in [7, 11) is 0. The lowest BCUT2D eigenvalue weighted by Crippen LogP contribution is -2.32. The van der Waals surface area contributed by atoms with Crippen molar-refractivity contribution in [3.8, 4) is 0 Å². The fraction of sp³-hybridized carbons (Fsp3) is 0.0952. The van der Waals surface area contributed by atoms with Gasteiger partial charge in [-0.1, -0.05) is 18.2 Å². The average molecular weight is 412 g/mol. The molecular weight excluding hydrogens is 394 g/mol. The largest absolute Gasteiger partial charge is 0.325 e. The van der Waals surface area contributed by atoms with Gasteiger partial charge in [-0.3, -0.25) is 25.2 Å². The number of hydrogen-bond acceptors (Lipinski definition) is 4. The van der Waals surface area contributed by atoms with Crippen LogP contribution in [-0.2, 0) is 18.0 Å². The Bertz CT molecular complexity index is 1110. The average Bonchev–Trinajstić information content (AvgIpc) is 2.74. The summed E-state index contributed by atoms with van der Waals surface area (Å²) in [6, 6.07) is 14.2. The van der Waals surface area contributed by atoms with Crippen molar-refractivity contribution in [1.29, 1.82) is 0 Å². The molecule has 7 nitrogen and oxygen atoms in total. The molecule has 0 aliphatic heterocycles. The number of hydrazine groups is 1. The second kappa shape index (κ2) is 9.46. The third kappa shape index (κ3) is 5.51. The molecule has 2 amide bonds. The van der Waals surface area contributed by atoms with Crippen LogP contribution in [-0.4, -0.2) is 16.4 Å². The van der Waals surface area contributed by atoms with Crippen LogP contribution in [0.2, 0.25) is 0 Å². The van der Waals surface area contributed by atoms with Crippen molar-refractivity contribution in [3.63, 3.8) is 0 Å². The lowest BCUT2D eigenvalue weighted by Gasteiger charge is -2.11. The minimum Gasteiger partial charge on any atom is -0.325 e. The number of amides is 2. The Labute approximate surface area is 170 Å². The molecule has 3 rings (SSSR count). The molecule has 0 radical (unpaired) electrons. The molecule has 3 N–H and O–H groups in total. The molecule has 0 atom stereocenters. The van der Waals surface area contributed by atoms with E-state index in [4.69, 9.17) is 0 Å². The molecule has 0 aliphatic carbocycles. The second-order valence-corrected chi connectivity index (χ2v) is 6.35. The first-order valence-electron chi connectivity index (χ1n) is 8.92. The first-order chi connectivity index (χ1) is 14.4. The zero-order valence-corrected chi connectivity index (χ0v) is 15.7. The van der Waals surface area contributed by atoms with Crippen LogP contribution in [0, 0.1) is 5.82 Å². The van der Waals surface area contributed by atoms with Crippen LogP contribution in [0.3, 0.4) is 0 Å². The van der Waals surface area contributed by atoms with Gasteiger partial charge in [0, 0.05) is 18.0 Å². The lowest BCUT2D eigenvalue weighted by molar-refractivity contribution is -0.116. The molecule has 0 aliphatic rings. The van der Waals surface area contributed by atoms with E-state index in [-0.39, 0.29) is 12.1 Å². The maximum atomic E-state index is 13.2. The van der Waals surface area contributed by atoms with E-state index < -0.39 is 29.9 Å². The minimum atomic E-state index is -0.605. The Morgan fingerprint density at radius 1 is 0.967 bits per heavy atom. The number of carbonyl (C=O) groups excluding carboxylic acids is 2. The summed E-state index contributed by atoms with van der Waals surface area (Å²) in [5, 5.41) is 2.60. The fourth-order valence-electron chi connectivity index (χ4n) is 2.59. The number of hydrogen-bond donors (Lipinski definition) is 3. The highest BCUT2D eigenvalue weighted by Gasteiger charge is 2.10. The molecule has 3 aromatic rings. The van der Waals surface area contributed by atoms with Crippen molar-refractivity contribution >= 4 is 23.2 Å². The summed E-state index contributed by atoms with van der Waals surface area (Å²) in [6.07, 6.45) is 1.25. The van der Waals surface area contributed by atoms with Crippen molar-refractivity contribution in [1.82, 2.24) is 9.99 Å². The summed E-state index contributed by atoms with van der Waals surface area (Å²) in [5.41, 5.74) is 5.90. The number of aromatic nitrogens is 1. The molecule has 1 heterocycles. The Hall–Kier alpha value is -4.01. The van der Waals surface area contributed by atoms with Gasteiger partial charge in [-0.2, -0.15) is 0 Å². The molecule has 0 fully saturated rings. The number of carbonyl (C=O) groups is 2. The number of anilines is 2. The van der Waals surface area contributed by atoms with Crippen LogP contribution in [0.15, 0.2) is 71.7 Å². The zero-order chi connectivity index (χ0) is 21.5. The summed E-state index contributed by atoms with van der Waals surface area (Å²) < 4.78 is 26.8. The highest BCUT2D eigenvalue weighted by molar-refractivity contribution is 5.95. The standard InChI is InChI=1S/C21H18F2N4O3/c22-11-14-4-7-17(8-5-14)24-19(28)13-27-12-15(6-9-20(27)29)21(30)26-25-18-3-1-2-16(23)10-18/h1-10,12,25H,11,13H2,(H,24,28)(H,26,30). The van der Waals surface area contributed by atoms with Crippen molar-refractivity contribution < 1.29 is 18.4 Å². The molecule has 0 spiro atoms. The molecule has 2 aromatic carbocycles. The lowest BCUT2D eigenvalue weighted by atomic mass is 10.2. The molecule has 154 valence electrons. The van der Waals surface area contributed by atoms with Gasteiger partial charge in [0.1, 0.15) is 19.0 Å². The molecular formula is C21H18F2N4O3. The van der Waals surface area contributed by atoms with Crippen molar-refractivity contribution in [2.45, 2.75) is 13.2 Å². The van der Waals surface area contributed by atoms with Crippen molar-refractivity contribution in [2.24, 2.45) is 0 Å². The molecule has 30 heavy (non-hydrogen) atoms. The van der Waals surface area contributed by atoms with Crippen LogP contribution >= 0.6 is 0 Å². The highest BCUT2D eigenvalue weighted by Crippen LogP contribution is 2.11. The van der Waals surface area contributed by atoms with Gasteiger partial charge in [-0.25, -0.2) is 8.78 Å². The van der Waals surface area contributed by atoms with E-state index >= 15 is 0 Å². The number of benzene rings is 2. The Kier molecular flexibility index (Phi) is 6.53. The first kappa shape index (κ1) is 20.7. The number of alkyl halides is 1. The molecule has 1 aromatic heterocycles. The smallest absolute Gasteiger partial charge is 0.271 e. The predicted molar refractivity (Wildman–Crippen MR) is 108 cm³/mol. The molecule has 0 saturated heterocycles. The summed E-state index contributed by atoms with van der Waals surface area (Å²) in [4.78, 5) is 36.5. The van der Waals surface area contributed by atoms with Gasteiger partial charge in [0.05, 0.1) is 11.3 Å². The van der Waals surface area contributed by atoms with E-state index in [1.807, 2.05) is 0 Å². The Morgan fingerprint density at radius 2 is 1.73 bits per heavy atom. The third-order valence-corrected chi connectivity index (χ3v) is 4.10. The van der Waals surface area contributed by atoms with E-state index in [9.17, 15) is 23.2 Å². The van der Waals surface area contributed by atoms with Gasteiger partial charge in [0.2, 0.25) is 5.91 Å². The predicted octanol–water partition coefficient (Wildman–Crippen LogP) is 2.85. The number of nitrogens with zero attached hydrogens (tertiary/aromatic N) is 1. The van der Waals surface area contributed by atoms with Gasteiger partial charge in [-0.15, -0.1) is 0 Å². The number of halogens is 2. The van der Waals surface area contributed by atoms with Crippen LogP contribution in [0.4, 0.5) is 20.2 Å². The van der Waals surface area contributed by atoms with Crippen molar-refractivity contribution in [3.05, 3.63) is 94.2 Å². The van der Waals surface area contributed by atoms with E-state index in [0.717, 1.165) is 4.57 Å². The monoisotopic (exact) mass is 412 g/mol. The third-order valence-electron chi connectivity index (χ3n) is 4.10. The van der Waals surface area contributed by atoms with Crippen molar-refractivity contribution in [2.75, 3.05) is 10.7 Å². The summed E-state index contributed by atoms with van der Waals surface area (Å²) in [5.74, 6) is -1.52. The first-order valence-corrected chi connectivity index (χ1v) is 8.92. The SMILES string of the molecule is O=C(Cn1cc(C(=O)NNc2cccc(F)c2)ccc1=O)Nc1ccc(CF)cc1. The summed E-state index contributed by atoms with van der Waals surface area (Å²) >= 11 is 0. The van der Waals surface area contributed by atoms with Crippen LogP contribution < -0.4 is 21.7 Å². The number of rotatable bonds is 7. The van der Waals surface area contributed by atoms with E-state index in [0.29, 0.717) is 16.9 Å². The minimum absolute atomic E-state index is 0.124. The summed E-state index contributed by atoms with van der Waals surface area (Å²) in [6.45, 7) is -0.922. The van der Waals surface area contributed by atoms with Gasteiger partial charge in [0.15, 0.2) is 0 Å². The quantitative estimate of drug-likeness (QED) is 0.521. The van der Waals surface area contributed by atoms with Crippen LogP contribution in [0.1, 0.15) is 15.9 Å². The highest BCUT2D eigenvalue weighted by atomic mass is 19.1. The number of pyridine rings is 1. The second-order valence-electron chi connectivity index (χ2n) is 6.35. The van der Waals surface area contributed by atoms with E-state index in [1.54, 1.807) is 30.3 Å². The number of nitrogens with one attached hydrogen (secondary N) is 3. The zero-order valence-electron chi connectivity index (χ0n) is 15.7. The maximum Gasteiger partial charge on any atom is 0.271 e. The Morgan fingerprint density at radius 3 is 2.43 bits per heavy atom. The molecule has 0 saturated carbocycles. The van der Waals surface area contributed by atoms with Gasteiger partial charge in [0.25, 0.3) is 11.5 Å². The van der Waals surface area contributed by atoms with Gasteiger partial charge in [-0.05, 0) is 42.0 Å². The molecule has 0 bridgehead atoms. The van der Waals surface area contributed by atoms with Gasteiger partial charge < -0.3 is 9.88 Å².